The maximum atomic E-state index is 4.54. The fraction of sp³-hybridized carbons (Fsp3) is 0.417. The summed E-state index contributed by atoms with van der Waals surface area (Å²) in [5, 5.41) is 4.40. The Labute approximate surface area is 101 Å². The largest absolute Gasteiger partial charge is 0.347 e. The van der Waals surface area contributed by atoms with Crippen molar-refractivity contribution in [2.75, 3.05) is 19.0 Å². The summed E-state index contributed by atoms with van der Waals surface area (Å²) in [6, 6.07) is 1.92. The summed E-state index contributed by atoms with van der Waals surface area (Å²) >= 11 is 0. The van der Waals surface area contributed by atoms with Gasteiger partial charge in [-0.05, 0) is 19.9 Å². The summed E-state index contributed by atoms with van der Waals surface area (Å²) in [4.78, 5) is 10.7. The average Bonchev–Trinajstić information content (AvgIpc) is 2.53. The summed E-state index contributed by atoms with van der Waals surface area (Å²) < 4.78 is 1.88. The van der Waals surface area contributed by atoms with E-state index in [9.17, 15) is 0 Å². The topological polar surface area (TPSA) is 46.8 Å². The van der Waals surface area contributed by atoms with E-state index in [2.05, 4.69) is 15.1 Å². The minimum Gasteiger partial charge on any atom is -0.347 e. The standard InChI is InChI=1S/C12H17N5/c1-8-11(9(2)17(5)15-8)10-6-7-13-12(14-10)16(3)4/h6-7H,1-5H3. The van der Waals surface area contributed by atoms with Crippen molar-refractivity contribution < 1.29 is 0 Å². The summed E-state index contributed by atoms with van der Waals surface area (Å²) in [6.07, 6.45) is 1.78. The Bertz CT molecular complexity index is 542. The van der Waals surface area contributed by atoms with Crippen molar-refractivity contribution in [2.24, 2.45) is 7.05 Å². The molecule has 5 heteroatoms. The zero-order valence-corrected chi connectivity index (χ0v) is 10.9. The Morgan fingerprint density at radius 1 is 1.24 bits per heavy atom. The molecule has 0 atom stereocenters. The van der Waals surface area contributed by atoms with E-state index in [4.69, 9.17) is 0 Å². The summed E-state index contributed by atoms with van der Waals surface area (Å²) in [5.41, 5.74) is 4.13. The fourth-order valence-corrected chi connectivity index (χ4v) is 1.85. The van der Waals surface area contributed by atoms with Gasteiger partial charge in [0.25, 0.3) is 0 Å². The van der Waals surface area contributed by atoms with Crippen molar-refractivity contribution in [3.8, 4) is 11.3 Å². The number of hydrogen-bond donors (Lipinski definition) is 0. The van der Waals surface area contributed by atoms with Gasteiger partial charge in [0.15, 0.2) is 0 Å². The quantitative estimate of drug-likeness (QED) is 0.787. The number of nitrogens with zero attached hydrogens (tertiary/aromatic N) is 5. The van der Waals surface area contributed by atoms with E-state index in [1.165, 1.54) is 0 Å². The molecule has 2 aromatic rings. The third-order valence-electron chi connectivity index (χ3n) is 2.81. The van der Waals surface area contributed by atoms with E-state index in [-0.39, 0.29) is 0 Å². The molecular formula is C12H17N5. The minimum absolute atomic E-state index is 0.713. The van der Waals surface area contributed by atoms with Gasteiger partial charge >= 0.3 is 0 Å². The predicted molar refractivity (Wildman–Crippen MR) is 68.0 cm³/mol. The van der Waals surface area contributed by atoms with Gasteiger partial charge in [-0.2, -0.15) is 5.10 Å². The SMILES string of the molecule is Cc1nn(C)c(C)c1-c1ccnc(N(C)C)n1. The molecule has 2 aromatic heterocycles. The molecule has 2 rings (SSSR count). The molecule has 17 heavy (non-hydrogen) atoms. The van der Waals surface area contributed by atoms with Crippen LogP contribution in [-0.2, 0) is 7.05 Å². The molecule has 0 unspecified atom stereocenters. The second kappa shape index (κ2) is 4.16. The van der Waals surface area contributed by atoms with Crippen LogP contribution in [0.5, 0.6) is 0 Å². The Morgan fingerprint density at radius 3 is 2.47 bits per heavy atom. The van der Waals surface area contributed by atoms with E-state index in [1.807, 2.05) is 50.6 Å². The molecule has 5 nitrogen and oxygen atoms in total. The molecule has 0 fully saturated rings. The Morgan fingerprint density at radius 2 is 1.94 bits per heavy atom. The molecule has 0 saturated carbocycles. The van der Waals surface area contributed by atoms with Crippen LogP contribution in [-0.4, -0.2) is 33.8 Å². The van der Waals surface area contributed by atoms with Crippen LogP contribution < -0.4 is 4.90 Å². The highest BCUT2D eigenvalue weighted by atomic mass is 15.3. The van der Waals surface area contributed by atoms with E-state index in [0.717, 1.165) is 22.6 Å². The minimum atomic E-state index is 0.713. The second-order valence-corrected chi connectivity index (χ2v) is 4.31. The fourth-order valence-electron chi connectivity index (χ4n) is 1.85. The van der Waals surface area contributed by atoms with E-state index in [1.54, 1.807) is 6.20 Å². The van der Waals surface area contributed by atoms with Crippen LogP contribution in [0.15, 0.2) is 12.3 Å². The second-order valence-electron chi connectivity index (χ2n) is 4.31. The summed E-state index contributed by atoms with van der Waals surface area (Å²) in [7, 11) is 5.81. The molecule has 0 N–H and O–H groups in total. The van der Waals surface area contributed by atoms with Gasteiger partial charge in [0.05, 0.1) is 11.4 Å². The summed E-state index contributed by atoms with van der Waals surface area (Å²) in [6.45, 7) is 4.05. The molecule has 0 aliphatic heterocycles. The van der Waals surface area contributed by atoms with Crippen molar-refractivity contribution in [1.29, 1.82) is 0 Å². The van der Waals surface area contributed by atoms with Gasteiger partial charge in [-0.25, -0.2) is 9.97 Å². The predicted octanol–water partition coefficient (Wildman–Crippen LogP) is 1.56. The number of aromatic nitrogens is 4. The monoisotopic (exact) mass is 231 g/mol. The van der Waals surface area contributed by atoms with Crippen LogP contribution in [0.3, 0.4) is 0 Å². The van der Waals surface area contributed by atoms with E-state index >= 15 is 0 Å². The molecule has 0 aliphatic rings. The van der Waals surface area contributed by atoms with Gasteiger partial charge in [0, 0.05) is 38.6 Å². The zero-order valence-electron chi connectivity index (χ0n) is 10.9. The first-order chi connectivity index (χ1) is 8.00. The number of anilines is 1. The van der Waals surface area contributed by atoms with Crippen LogP contribution >= 0.6 is 0 Å². The lowest BCUT2D eigenvalue weighted by molar-refractivity contribution is 0.731. The highest BCUT2D eigenvalue weighted by molar-refractivity contribution is 5.65. The lowest BCUT2D eigenvalue weighted by Crippen LogP contribution is -2.12. The smallest absolute Gasteiger partial charge is 0.225 e. The van der Waals surface area contributed by atoms with Crippen molar-refractivity contribution >= 4 is 5.95 Å². The Hall–Kier alpha value is -1.91. The van der Waals surface area contributed by atoms with Crippen LogP contribution in [0.4, 0.5) is 5.95 Å². The molecule has 2 heterocycles. The first-order valence-corrected chi connectivity index (χ1v) is 5.51. The van der Waals surface area contributed by atoms with Crippen molar-refractivity contribution in [2.45, 2.75) is 13.8 Å². The van der Waals surface area contributed by atoms with Gasteiger partial charge in [0.1, 0.15) is 0 Å². The highest BCUT2D eigenvalue weighted by Gasteiger charge is 2.13. The molecule has 0 amide bonds. The third kappa shape index (κ3) is 2.00. The van der Waals surface area contributed by atoms with Crippen LogP contribution in [0, 0.1) is 13.8 Å². The first-order valence-electron chi connectivity index (χ1n) is 5.51. The molecule has 90 valence electrons. The maximum absolute atomic E-state index is 4.54. The lowest BCUT2D eigenvalue weighted by Gasteiger charge is -2.10. The molecule has 0 radical (unpaired) electrons. The Balaban J connectivity index is 2.56. The average molecular weight is 231 g/mol. The van der Waals surface area contributed by atoms with Crippen molar-refractivity contribution in [3.05, 3.63) is 23.7 Å². The zero-order chi connectivity index (χ0) is 12.6. The normalized spacial score (nSPS) is 10.6. The van der Waals surface area contributed by atoms with E-state index < -0.39 is 0 Å². The third-order valence-corrected chi connectivity index (χ3v) is 2.81. The van der Waals surface area contributed by atoms with Crippen molar-refractivity contribution in [3.63, 3.8) is 0 Å². The van der Waals surface area contributed by atoms with Crippen LogP contribution in [0.2, 0.25) is 0 Å². The Kier molecular flexibility index (Phi) is 2.83. The lowest BCUT2D eigenvalue weighted by atomic mass is 10.1. The molecule has 0 bridgehead atoms. The van der Waals surface area contributed by atoms with Gasteiger partial charge in [-0.15, -0.1) is 0 Å². The van der Waals surface area contributed by atoms with Gasteiger partial charge < -0.3 is 4.90 Å². The van der Waals surface area contributed by atoms with Gasteiger partial charge in [-0.1, -0.05) is 0 Å². The number of aryl methyl sites for hydroxylation is 2. The van der Waals surface area contributed by atoms with Gasteiger partial charge in [-0.3, -0.25) is 4.68 Å². The van der Waals surface area contributed by atoms with Crippen LogP contribution in [0.25, 0.3) is 11.3 Å². The van der Waals surface area contributed by atoms with Crippen molar-refractivity contribution in [1.82, 2.24) is 19.7 Å². The number of rotatable bonds is 2. The van der Waals surface area contributed by atoms with Gasteiger partial charge in [0.2, 0.25) is 5.95 Å². The molecule has 0 saturated heterocycles. The molecule has 0 aromatic carbocycles. The summed E-state index contributed by atoms with van der Waals surface area (Å²) in [5.74, 6) is 0.713. The molecular weight excluding hydrogens is 214 g/mol. The molecule has 0 aliphatic carbocycles. The van der Waals surface area contributed by atoms with Crippen LogP contribution in [0.1, 0.15) is 11.4 Å². The first kappa shape index (κ1) is 11.6. The highest BCUT2D eigenvalue weighted by Crippen LogP contribution is 2.25. The molecule has 0 spiro atoms. The van der Waals surface area contributed by atoms with E-state index in [0.29, 0.717) is 5.95 Å². The maximum Gasteiger partial charge on any atom is 0.225 e. The number of hydrogen-bond acceptors (Lipinski definition) is 4.